The average molecular weight is 355 g/mol. The minimum Gasteiger partial charge on any atom is -0.489 e. The number of ether oxygens (including phenoxy) is 3. The highest BCUT2D eigenvalue weighted by Crippen LogP contribution is 2.29. The van der Waals surface area contributed by atoms with E-state index in [0.717, 1.165) is 18.5 Å². The first kappa shape index (κ1) is 18.4. The third-order valence-electron chi connectivity index (χ3n) is 4.20. The second-order valence-electron chi connectivity index (χ2n) is 6.07. The quantitative estimate of drug-likeness (QED) is 0.785. The van der Waals surface area contributed by atoms with Crippen LogP contribution in [0.1, 0.15) is 23.2 Å². The van der Waals surface area contributed by atoms with Crippen LogP contribution in [-0.2, 0) is 9.47 Å². The summed E-state index contributed by atoms with van der Waals surface area (Å²) in [7, 11) is 0. The molecule has 0 fully saturated rings. The number of amides is 1. The van der Waals surface area contributed by atoms with E-state index in [2.05, 4.69) is 0 Å². The van der Waals surface area contributed by atoms with E-state index in [4.69, 9.17) is 14.2 Å². The van der Waals surface area contributed by atoms with Gasteiger partial charge in [-0.2, -0.15) is 0 Å². The number of hydrogen-bond donors (Lipinski definition) is 0. The summed E-state index contributed by atoms with van der Waals surface area (Å²) in [6.45, 7) is 3.38. The first-order valence-electron chi connectivity index (χ1n) is 9.10. The van der Waals surface area contributed by atoms with Crippen LogP contribution in [0.3, 0.4) is 0 Å². The molecule has 0 spiro atoms. The molecule has 0 N–H and O–H groups in total. The zero-order valence-corrected chi connectivity index (χ0v) is 14.9. The summed E-state index contributed by atoms with van der Waals surface area (Å²) in [6, 6.07) is 17.0. The molecule has 0 aliphatic carbocycles. The van der Waals surface area contributed by atoms with Gasteiger partial charge in [-0.1, -0.05) is 30.3 Å². The number of benzene rings is 2. The highest BCUT2D eigenvalue weighted by molar-refractivity contribution is 6.06. The summed E-state index contributed by atoms with van der Waals surface area (Å²) in [5, 5.41) is 0. The van der Waals surface area contributed by atoms with Crippen LogP contribution in [0.25, 0.3) is 0 Å². The maximum absolute atomic E-state index is 13.1. The second kappa shape index (κ2) is 9.94. The van der Waals surface area contributed by atoms with Crippen molar-refractivity contribution in [3.8, 4) is 5.75 Å². The molecule has 138 valence electrons. The van der Waals surface area contributed by atoms with Gasteiger partial charge in [-0.3, -0.25) is 4.79 Å². The Hall–Kier alpha value is -2.37. The van der Waals surface area contributed by atoms with Gasteiger partial charge in [0.2, 0.25) is 0 Å². The number of rotatable bonds is 1. The van der Waals surface area contributed by atoms with Gasteiger partial charge >= 0.3 is 0 Å². The van der Waals surface area contributed by atoms with Crippen molar-refractivity contribution in [1.29, 1.82) is 0 Å². The summed E-state index contributed by atoms with van der Waals surface area (Å²) < 4.78 is 17.0. The molecule has 0 saturated heterocycles. The molecule has 26 heavy (non-hydrogen) atoms. The van der Waals surface area contributed by atoms with Crippen LogP contribution < -0.4 is 9.64 Å². The average Bonchev–Trinajstić information content (AvgIpc) is 2.69. The molecule has 2 aromatic carbocycles. The van der Waals surface area contributed by atoms with E-state index >= 15 is 0 Å². The van der Waals surface area contributed by atoms with Gasteiger partial charge < -0.3 is 19.1 Å². The van der Waals surface area contributed by atoms with Gasteiger partial charge in [-0.15, -0.1) is 0 Å². The molecule has 5 heteroatoms. The molecule has 0 unspecified atom stereocenters. The van der Waals surface area contributed by atoms with E-state index in [9.17, 15) is 4.79 Å². The van der Waals surface area contributed by atoms with Gasteiger partial charge in [-0.25, -0.2) is 0 Å². The molecule has 1 aliphatic heterocycles. The first-order chi connectivity index (χ1) is 12.9. The van der Waals surface area contributed by atoms with Crippen molar-refractivity contribution in [1.82, 2.24) is 0 Å². The van der Waals surface area contributed by atoms with Crippen LogP contribution in [-0.4, -0.2) is 45.5 Å². The zero-order valence-electron chi connectivity index (χ0n) is 14.9. The van der Waals surface area contributed by atoms with Crippen LogP contribution in [0, 0.1) is 0 Å². The van der Waals surface area contributed by atoms with Crippen molar-refractivity contribution in [2.75, 3.05) is 44.5 Å². The Morgan fingerprint density at radius 3 is 2.31 bits per heavy atom. The Bertz CT molecular complexity index is 689. The number of nitrogens with zero attached hydrogens (tertiary/aromatic N) is 1. The molecule has 2 aromatic rings. The monoisotopic (exact) mass is 355 g/mol. The summed E-state index contributed by atoms with van der Waals surface area (Å²) in [4.78, 5) is 14.9. The van der Waals surface area contributed by atoms with Crippen LogP contribution in [0.15, 0.2) is 54.6 Å². The largest absolute Gasteiger partial charge is 0.489 e. The van der Waals surface area contributed by atoms with Gasteiger partial charge in [0.1, 0.15) is 12.4 Å². The molecular formula is C21H25NO4. The number of fused-ring (bicyclic) bond motifs is 1. The number of carbonyl (C=O) groups excluding carboxylic acids is 1. The minimum absolute atomic E-state index is 0.0223. The Morgan fingerprint density at radius 2 is 1.46 bits per heavy atom. The van der Waals surface area contributed by atoms with Gasteiger partial charge in [0.05, 0.1) is 25.5 Å². The lowest BCUT2D eigenvalue weighted by Gasteiger charge is -2.25. The van der Waals surface area contributed by atoms with Crippen LogP contribution in [0.5, 0.6) is 5.75 Å². The fraction of sp³-hybridized carbons (Fsp3) is 0.381. The van der Waals surface area contributed by atoms with Crippen LogP contribution in [0.2, 0.25) is 0 Å². The molecule has 1 heterocycles. The van der Waals surface area contributed by atoms with E-state index < -0.39 is 0 Å². The SMILES string of the molecule is O=C(c1ccccc1)N1CCCCOCCOCCOc2ccccc21. The van der Waals surface area contributed by atoms with Gasteiger partial charge in [0.15, 0.2) is 0 Å². The molecule has 0 aromatic heterocycles. The third kappa shape index (κ3) is 5.07. The molecule has 0 saturated carbocycles. The van der Waals surface area contributed by atoms with E-state index in [1.165, 1.54) is 0 Å². The molecule has 0 bridgehead atoms. The molecule has 0 radical (unpaired) electrons. The lowest BCUT2D eigenvalue weighted by Crippen LogP contribution is -2.32. The topological polar surface area (TPSA) is 48.0 Å². The van der Waals surface area contributed by atoms with Crippen LogP contribution in [0.4, 0.5) is 5.69 Å². The number of anilines is 1. The molecule has 3 rings (SSSR count). The number of hydrogen-bond acceptors (Lipinski definition) is 4. The molecule has 0 atom stereocenters. The van der Waals surface area contributed by atoms with Crippen molar-refractivity contribution in [2.24, 2.45) is 0 Å². The van der Waals surface area contributed by atoms with Crippen molar-refractivity contribution in [3.63, 3.8) is 0 Å². The van der Waals surface area contributed by atoms with E-state index in [1.54, 1.807) is 4.90 Å². The number of carbonyl (C=O) groups is 1. The summed E-state index contributed by atoms with van der Waals surface area (Å²) in [5.74, 6) is 0.680. The van der Waals surface area contributed by atoms with E-state index in [-0.39, 0.29) is 5.91 Å². The Kier molecular flexibility index (Phi) is 7.05. The predicted molar refractivity (Wildman–Crippen MR) is 101 cm³/mol. The standard InChI is InChI=1S/C21H25NO4/c23-21(18-8-2-1-3-9-18)22-12-6-7-13-24-14-15-25-16-17-26-20-11-5-4-10-19(20)22/h1-5,8-11H,6-7,12-17H2. The van der Waals surface area contributed by atoms with Crippen molar-refractivity contribution >= 4 is 11.6 Å². The molecule has 5 nitrogen and oxygen atoms in total. The molecule has 1 aliphatic rings. The normalized spacial score (nSPS) is 16.8. The minimum atomic E-state index is -0.0223. The zero-order chi connectivity index (χ0) is 18.0. The smallest absolute Gasteiger partial charge is 0.258 e. The Morgan fingerprint density at radius 1 is 0.769 bits per heavy atom. The van der Waals surface area contributed by atoms with Crippen molar-refractivity contribution < 1.29 is 19.0 Å². The predicted octanol–water partition coefficient (Wildman–Crippen LogP) is 3.54. The highest BCUT2D eigenvalue weighted by atomic mass is 16.5. The fourth-order valence-electron chi connectivity index (χ4n) is 2.88. The summed E-state index contributed by atoms with van der Waals surface area (Å²) in [5.41, 5.74) is 1.46. The highest BCUT2D eigenvalue weighted by Gasteiger charge is 2.20. The molecular weight excluding hydrogens is 330 g/mol. The molecule has 1 amide bonds. The third-order valence-corrected chi connectivity index (χ3v) is 4.20. The van der Waals surface area contributed by atoms with Crippen molar-refractivity contribution in [2.45, 2.75) is 12.8 Å². The van der Waals surface area contributed by atoms with Crippen LogP contribution >= 0.6 is 0 Å². The maximum Gasteiger partial charge on any atom is 0.258 e. The summed E-state index contributed by atoms with van der Waals surface area (Å²) >= 11 is 0. The van der Waals surface area contributed by atoms with Crippen molar-refractivity contribution in [3.05, 3.63) is 60.2 Å². The van der Waals surface area contributed by atoms with Gasteiger partial charge in [-0.05, 0) is 37.1 Å². The van der Waals surface area contributed by atoms with Gasteiger partial charge in [0.25, 0.3) is 5.91 Å². The van der Waals surface area contributed by atoms with Gasteiger partial charge in [0, 0.05) is 18.7 Å². The lowest BCUT2D eigenvalue weighted by molar-refractivity contribution is 0.0351. The first-order valence-corrected chi connectivity index (χ1v) is 9.10. The van der Waals surface area contributed by atoms with E-state index in [1.807, 2.05) is 54.6 Å². The fourth-order valence-corrected chi connectivity index (χ4v) is 2.88. The lowest BCUT2D eigenvalue weighted by atomic mass is 10.1. The summed E-state index contributed by atoms with van der Waals surface area (Å²) in [6.07, 6.45) is 1.75. The maximum atomic E-state index is 13.1. The Balaban J connectivity index is 1.86. The number of para-hydroxylation sites is 2. The Labute approximate surface area is 154 Å². The van der Waals surface area contributed by atoms with E-state index in [0.29, 0.717) is 50.9 Å². The second-order valence-corrected chi connectivity index (χ2v) is 6.07.